The van der Waals surface area contributed by atoms with Crippen molar-refractivity contribution in [3.05, 3.63) is 108 Å². The first-order chi connectivity index (χ1) is 18.6. The smallest absolute Gasteiger partial charge is 0.356 e. The molecule has 10 heteroatoms. The summed E-state index contributed by atoms with van der Waals surface area (Å²) in [6, 6.07) is 20.1. The van der Waals surface area contributed by atoms with Crippen LogP contribution >= 0.6 is 0 Å². The molecule has 0 saturated heterocycles. The number of anilines is 2. The van der Waals surface area contributed by atoms with E-state index in [9.17, 15) is 22.4 Å². The minimum atomic E-state index is -5.04. The molecule has 1 amide bonds. The molecule has 0 saturated carbocycles. The van der Waals surface area contributed by atoms with Crippen molar-refractivity contribution in [2.24, 2.45) is 0 Å². The van der Waals surface area contributed by atoms with Gasteiger partial charge in [-0.2, -0.15) is 13.2 Å². The molecule has 5 rings (SSSR count). The summed E-state index contributed by atoms with van der Waals surface area (Å²) in [7, 11) is 0.864. The Bertz CT molecular complexity index is 1510. The van der Waals surface area contributed by atoms with Gasteiger partial charge in [0.15, 0.2) is 0 Å². The highest BCUT2D eigenvalue weighted by molar-refractivity contribution is 5.89. The van der Waals surface area contributed by atoms with Crippen molar-refractivity contribution in [3.8, 4) is 11.3 Å². The van der Waals surface area contributed by atoms with Crippen molar-refractivity contribution in [3.63, 3.8) is 0 Å². The fourth-order valence-electron chi connectivity index (χ4n) is 4.55. The molecule has 4 aromatic rings. The third-order valence-corrected chi connectivity index (χ3v) is 6.57. The number of halogens is 4. The lowest BCUT2D eigenvalue weighted by Gasteiger charge is -2.37. The number of aromatic nitrogens is 2. The van der Waals surface area contributed by atoms with Crippen LogP contribution in [0.4, 0.5) is 29.1 Å². The number of nitrogens with one attached hydrogen (secondary N) is 1. The summed E-state index contributed by atoms with van der Waals surface area (Å²) in [5.41, 5.74) is -0.699. The largest absolute Gasteiger partial charge is 0.430 e. The first-order valence-electron chi connectivity index (χ1n) is 12.0. The Labute approximate surface area is 222 Å². The van der Waals surface area contributed by atoms with E-state index in [1.165, 1.54) is 48.8 Å². The van der Waals surface area contributed by atoms with Gasteiger partial charge in [-0.15, -0.1) is 0 Å². The number of carbonyl (C=O) groups excluding carboxylic acids is 1. The van der Waals surface area contributed by atoms with Gasteiger partial charge in [0.05, 0.1) is 6.54 Å². The van der Waals surface area contributed by atoms with Gasteiger partial charge in [0.25, 0.3) is 11.5 Å². The Balaban J connectivity index is 1.56. The molecular weight excluding hydrogens is 512 g/mol. The van der Waals surface area contributed by atoms with E-state index in [-0.39, 0.29) is 12.1 Å². The van der Waals surface area contributed by atoms with Gasteiger partial charge in [-0.05, 0) is 43.3 Å². The first kappa shape index (κ1) is 26.2. The zero-order valence-corrected chi connectivity index (χ0v) is 21.0. The topological polar surface area (TPSA) is 59.4 Å². The number of methoxy groups -OCH3 is 1. The van der Waals surface area contributed by atoms with Crippen molar-refractivity contribution in [1.29, 1.82) is 0 Å². The van der Waals surface area contributed by atoms with Crippen LogP contribution in [-0.4, -0.2) is 33.6 Å². The Kier molecular flexibility index (Phi) is 6.73. The second-order valence-electron chi connectivity index (χ2n) is 9.07. The molecule has 1 aliphatic rings. The molecule has 1 unspecified atom stereocenters. The van der Waals surface area contributed by atoms with Crippen LogP contribution in [0.3, 0.4) is 0 Å². The average molecular weight is 537 g/mol. The van der Waals surface area contributed by atoms with Crippen molar-refractivity contribution >= 4 is 23.6 Å². The predicted molar refractivity (Wildman–Crippen MR) is 139 cm³/mol. The number of amides is 1. The summed E-state index contributed by atoms with van der Waals surface area (Å²) >= 11 is 0. The van der Waals surface area contributed by atoms with Gasteiger partial charge >= 0.3 is 6.18 Å². The number of carbonyl (C=O) groups is 1. The maximum Gasteiger partial charge on any atom is 0.430 e. The lowest BCUT2D eigenvalue weighted by atomic mass is 9.91. The Morgan fingerprint density at radius 3 is 2.23 bits per heavy atom. The number of alkyl halides is 3. The van der Waals surface area contributed by atoms with Crippen LogP contribution in [0.1, 0.15) is 17.0 Å². The third kappa shape index (κ3) is 4.67. The number of ether oxygens (including phenoxy) is 1. The third-order valence-electron chi connectivity index (χ3n) is 6.57. The molecule has 0 bridgehead atoms. The highest BCUT2D eigenvalue weighted by Gasteiger charge is 2.63. The van der Waals surface area contributed by atoms with E-state index in [0.29, 0.717) is 22.9 Å². The monoisotopic (exact) mass is 536 g/mol. The first-order valence-corrected chi connectivity index (χ1v) is 12.0. The molecule has 1 aromatic heterocycles. The van der Waals surface area contributed by atoms with Crippen LogP contribution in [0.5, 0.6) is 0 Å². The molecule has 1 aliphatic heterocycles. The zero-order valence-electron chi connectivity index (χ0n) is 21.0. The lowest BCUT2D eigenvalue weighted by molar-refractivity contribution is -0.269. The second-order valence-corrected chi connectivity index (χ2v) is 9.07. The van der Waals surface area contributed by atoms with Gasteiger partial charge < -0.3 is 15.0 Å². The maximum atomic E-state index is 14.5. The number of aryl methyl sites for hydroxylation is 1. The molecule has 1 N–H and O–H groups in total. The van der Waals surface area contributed by atoms with Crippen molar-refractivity contribution < 1.29 is 27.1 Å². The number of hydrogen-bond donors (Lipinski definition) is 1. The Morgan fingerprint density at radius 1 is 0.949 bits per heavy atom. The molecule has 39 heavy (non-hydrogen) atoms. The van der Waals surface area contributed by atoms with Gasteiger partial charge in [-0.3, -0.25) is 9.36 Å². The van der Waals surface area contributed by atoms with Crippen LogP contribution < -0.4 is 5.32 Å². The summed E-state index contributed by atoms with van der Waals surface area (Å²) in [6.45, 7) is 1.70. The standard InChI is InChI=1S/C29H24F4N4O2/c1-19-8-14-23(15-9-19)34-26-25(20-10-12-22(30)13-11-20)35-24-18-36(16-17-37(24)26)27(38)28(39-2,29(31,32)33)21-6-4-3-5-7-21/h3-17,34H,18H2,1-2H3. The number of hydrogen-bond acceptors (Lipinski definition) is 4. The van der Waals surface area contributed by atoms with E-state index in [1.807, 2.05) is 31.2 Å². The summed E-state index contributed by atoms with van der Waals surface area (Å²) in [5.74, 6) is -0.900. The summed E-state index contributed by atoms with van der Waals surface area (Å²) in [4.78, 5) is 19.2. The summed E-state index contributed by atoms with van der Waals surface area (Å²) < 4.78 is 63.8. The van der Waals surface area contributed by atoms with E-state index >= 15 is 0 Å². The van der Waals surface area contributed by atoms with E-state index in [0.717, 1.165) is 23.3 Å². The van der Waals surface area contributed by atoms with Gasteiger partial charge in [-0.25, -0.2) is 9.37 Å². The SMILES string of the molecule is COC(C(=O)N1C=Cn2c(nc(-c3ccc(F)cc3)c2Nc2ccc(C)cc2)C1)(c1ccccc1)C(F)(F)F. The molecule has 200 valence electrons. The van der Waals surface area contributed by atoms with E-state index in [2.05, 4.69) is 10.3 Å². The van der Waals surface area contributed by atoms with Gasteiger partial charge in [0.1, 0.15) is 23.2 Å². The lowest BCUT2D eigenvalue weighted by Crippen LogP contribution is -2.56. The van der Waals surface area contributed by atoms with Crippen LogP contribution in [-0.2, 0) is 21.7 Å². The van der Waals surface area contributed by atoms with Gasteiger partial charge in [0, 0.05) is 36.3 Å². The fraction of sp³-hybridized carbons (Fsp3) is 0.172. The Morgan fingerprint density at radius 2 is 1.62 bits per heavy atom. The predicted octanol–water partition coefficient (Wildman–Crippen LogP) is 6.62. The summed E-state index contributed by atoms with van der Waals surface area (Å²) in [6.07, 6.45) is -2.30. The number of rotatable bonds is 6. The van der Waals surface area contributed by atoms with E-state index in [4.69, 9.17) is 4.74 Å². The Hall–Kier alpha value is -4.44. The van der Waals surface area contributed by atoms with Crippen molar-refractivity contribution in [1.82, 2.24) is 14.5 Å². The molecule has 0 radical (unpaired) electrons. The number of nitrogens with zero attached hydrogens (tertiary/aromatic N) is 3. The molecule has 0 fully saturated rings. The molecule has 0 spiro atoms. The maximum absolute atomic E-state index is 14.5. The minimum Gasteiger partial charge on any atom is -0.356 e. The number of imidazole rings is 1. The van der Waals surface area contributed by atoms with Crippen molar-refractivity contribution in [2.45, 2.75) is 25.2 Å². The highest BCUT2D eigenvalue weighted by Crippen LogP contribution is 2.44. The molecule has 1 atom stereocenters. The van der Waals surface area contributed by atoms with Crippen LogP contribution in [0.15, 0.2) is 85.1 Å². The molecule has 0 aliphatic carbocycles. The fourth-order valence-corrected chi connectivity index (χ4v) is 4.55. The van der Waals surface area contributed by atoms with Crippen molar-refractivity contribution in [2.75, 3.05) is 12.4 Å². The number of fused-ring (bicyclic) bond motifs is 1. The quantitative estimate of drug-likeness (QED) is 0.282. The van der Waals surface area contributed by atoms with E-state index in [1.54, 1.807) is 22.8 Å². The molecular formula is C29H24F4N4O2. The summed E-state index contributed by atoms with van der Waals surface area (Å²) in [5, 5.41) is 3.30. The second kappa shape index (κ2) is 10.0. The van der Waals surface area contributed by atoms with Gasteiger partial charge in [-0.1, -0.05) is 48.0 Å². The van der Waals surface area contributed by atoms with Crippen LogP contribution in [0.2, 0.25) is 0 Å². The highest BCUT2D eigenvalue weighted by atomic mass is 19.4. The van der Waals surface area contributed by atoms with Crippen LogP contribution in [0.25, 0.3) is 17.5 Å². The molecule has 6 nitrogen and oxygen atoms in total. The van der Waals surface area contributed by atoms with E-state index < -0.39 is 23.5 Å². The van der Waals surface area contributed by atoms with Gasteiger partial charge in [0.2, 0.25) is 0 Å². The molecule has 2 heterocycles. The molecule has 3 aromatic carbocycles. The minimum absolute atomic E-state index is 0.257. The number of benzene rings is 3. The average Bonchev–Trinajstić information content (AvgIpc) is 3.28. The zero-order chi connectivity index (χ0) is 27.8. The van der Waals surface area contributed by atoms with Crippen LogP contribution in [0, 0.1) is 12.7 Å². The normalized spacial score (nSPS) is 14.6.